The van der Waals surface area contributed by atoms with Crippen molar-refractivity contribution >= 4 is 24.5 Å². The predicted octanol–water partition coefficient (Wildman–Crippen LogP) is 5.64. The van der Waals surface area contributed by atoms with Crippen molar-refractivity contribution in [2.45, 2.75) is 52.5 Å². The van der Waals surface area contributed by atoms with Gasteiger partial charge in [0.25, 0.3) is 0 Å². The van der Waals surface area contributed by atoms with Gasteiger partial charge in [-0.15, -0.1) is 0 Å². The molecule has 0 heterocycles. The number of rotatable bonds is 10. The lowest BCUT2D eigenvalue weighted by molar-refractivity contribution is 0.0751. The molecule has 0 atom stereocenters. The monoisotopic (exact) mass is 476 g/mol. The van der Waals surface area contributed by atoms with Gasteiger partial charge >= 0.3 is 8.32 Å². The van der Waals surface area contributed by atoms with Crippen LogP contribution in [0.15, 0.2) is 72.8 Å². The molecule has 3 aromatic carbocycles. The summed E-state index contributed by atoms with van der Waals surface area (Å²) in [6.45, 7) is 11.0. The third-order valence-corrected chi connectivity index (χ3v) is 11.1. The molecule has 0 bridgehead atoms. The van der Waals surface area contributed by atoms with Gasteiger partial charge in [0, 0.05) is 12.7 Å². The van der Waals surface area contributed by atoms with Gasteiger partial charge in [-0.1, -0.05) is 94.8 Å². The minimum Gasteiger partial charge on any atom is -0.534 e. The SMILES string of the molecule is CCCCOCC(=O)c1c(C)cc(O[Si](c2ccccc2)(c2ccccc2)C(C)(C)C)cc1O. The van der Waals surface area contributed by atoms with Gasteiger partial charge < -0.3 is 14.3 Å². The molecule has 3 rings (SSSR count). The van der Waals surface area contributed by atoms with Crippen LogP contribution in [0.3, 0.4) is 0 Å². The zero-order chi connectivity index (χ0) is 24.8. The molecule has 0 fully saturated rings. The van der Waals surface area contributed by atoms with Crippen LogP contribution in [-0.4, -0.2) is 32.4 Å². The van der Waals surface area contributed by atoms with Crippen LogP contribution in [0.5, 0.6) is 11.5 Å². The summed E-state index contributed by atoms with van der Waals surface area (Å²) in [4.78, 5) is 12.7. The Morgan fingerprint density at radius 2 is 1.50 bits per heavy atom. The standard InChI is InChI=1S/C29H36O4Si/c1-6-7-18-32-21-27(31)28-22(2)19-23(20-26(28)30)33-34(29(3,4)5,24-14-10-8-11-15-24)25-16-12-9-13-17-25/h8-17,19-20,30H,6-7,18,21H2,1-5H3. The van der Waals surface area contributed by atoms with Crippen molar-refractivity contribution in [3.05, 3.63) is 83.9 Å². The van der Waals surface area contributed by atoms with E-state index in [4.69, 9.17) is 9.16 Å². The highest BCUT2D eigenvalue weighted by Gasteiger charge is 2.52. The van der Waals surface area contributed by atoms with Crippen molar-refractivity contribution in [3.8, 4) is 11.5 Å². The van der Waals surface area contributed by atoms with Gasteiger partial charge in [0.2, 0.25) is 0 Å². The summed E-state index contributed by atoms with van der Waals surface area (Å²) in [5.74, 6) is 0.271. The van der Waals surface area contributed by atoms with E-state index >= 15 is 0 Å². The number of hydrogen-bond donors (Lipinski definition) is 1. The molecule has 0 amide bonds. The number of ketones is 1. The van der Waals surface area contributed by atoms with E-state index in [-0.39, 0.29) is 23.2 Å². The van der Waals surface area contributed by atoms with E-state index in [1.807, 2.05) is 49.4 Å². The molecule has 0 aliphatic carbocycles. The summed E-state index contributed by atoms with van der Waals surface area (Å²) in [7, 11) is -2.83. The predicted molar refractivity (Wildman–Crippen MR) is 141 cm³/mol. The largest absolute Gasteiger partial charge is 0.534 e. The first-order chi connectivity index (χ1) is 16.2. The minimum absolute atomic E-state index is 0.0384. The van der Waals surface area contributed by atoms with Crippen LogP contribution >= 0.6 is 0 Å². The van der Waals surface area contributed by atoms with Gasteiger partial charge in [0.1, 0.15) is 18.1 Å². The molecule has 0 saturated carbocycles. The first-order valence-electron chi connectivity index (χ1n) is 12.0. The van der Waals surface area contributed by atoms with Crippen molar-refractivity contribution in [2.75, 3.05) is 13.2 Å². The summed E-state index contributed by atoms with van der Waals surface area (Å²) in [5.41, 5.74) is 0.975. The third kappa shape index (κ3) is 5.42. The van der Waals surface area contributed by atoms with E-state index in [0.717, 1.165) is 23.2 Å². The number of ether oxygens (including phenoxy) is 1. The average Bonchev–Trinajstić information content (AvgIpc) is 2.80. The van der Waals surface area contributed by atoms with Crippen molar-refractivity contribution in [2.24, 2.45) is 0 Å². The number of phenolic OH excluding ortho intramolecular Hbond substituents is 1. The maximum Gasteiger partial charge on any atom is 0.319 e. The molecule has 0 aliphatic heterocycles. The summed E-state index contributed by atoms with van der Waals surface area (Å²) in [6, 6.07) is 24.1. The second-order valence-electron chi connectivity index (χ2n) is 9.73. The molecule has 0 spiro atoms. The number of aromatic hydroxyl groups is 1. The molecule has 34 heavy (non-hydrogen) atoms. The second-order valence-corrected chi connectivity index (χ2v) is 14.0. The number of carbonyl (C=O) groups is 1. The maximum atomic E-state index is 12.7. The van der Waals surface area contributed by atoms with Crippen LogP contribution in [0, 0.1) is 6.92 Å². The van der Waals surface area contributed by atoms with E-state index < -0.39 is 8.32 Å². The van der Waals surface area contributed by atoms with E-state index in [1.54, 1.807) is 6.07 Å². The zero-order valence-corrected chi connectivity index (χ0v) is 21.9. The van der Waals surface area contributed by atoms with E-state index in [9.17, 15) is 9.90 Å². The molecule has 180 valence electrons. The Kier molecular flexibility index (Phi) is 8.34. The number of benzene rings is 3. The van der Waals surface area contributed by atoms with Crippen LogP contribution in [0.2, 0.25) is 5.04 Å². The molecule has 0 radical (unpaired) electrons. The third-order valence-electron chi connectivity index (χ3n) is 6.13. The number of carbonyl (C=O) groups excluding carboxylic acids is 1. The van der Waals surface area contributed by atoms with E-state index in [2.05, 4.69) is 52.0 Å². The Morgan fingerprint density at radius 1 is 0.941 bits per heavy atom. The highest BCUT2D eigenvalue weighted by atomic mass is 28.4. The van der Waals surface area contributed by atoms with Crippen molar-refractivity contribution in [1.29, 1.82) is 0 Å². The number of phenols is 1. The number of unbranched alkanes of at least 4 members (excludes halogenated alkanes) is 1. The smallest absolute Gasteiger partial charge is 0.319 e. The minimum atomic E-state index is -2.83. The highest BCUT2D eigenvalue weighted by molar-refractivity contribution is 7.00. The first-order valence-corrected chi connectivity index (χ1v) is 13.9. The van der Waals surface area contributed by atoms with Gasteiger partial charge in [0.05, 0.1) is 5.56 Å². The van der Waals surface area contributed by atoms with Gasteiger partial charge in [-0.25, -0.2) is 0 Å². The summed E-state index contributed by atoms with van der Waals surface area (Å²) in [5, 5.41) is 12.9. The molecular weight excluding hydrogens is 440 g/mol. The van der Waals surface area contributed by atoms with Gasteiger partial charge in [-0.05, 0) is 40.4 Å². The van der Waals surface area contributed by atoms with Gasteiger partial charge in [-0.2, -0.15) is 0 Å². The number of aryl methyl sites for hydroxylation is 1. The molecule has 0 aliphatic rings. The normalized spacial score (nSPS) is 11.9. The Bertz CT molecular complexity index is 1030. The lowest BCUT2D eigenvalue weighted by Gasteiger charge is -2.43. The first kappa shape index (κ1) is 25.7. The highest BCUT2D eigenvalue weighted by Crippen LogP contribution is 2.39. The molecule has 0 saturated heterocycles. The summed E-state index contributed by atoms with van der Waals surface area (Å²) >= 11 is 0. The quantitative estimate of drug-likeness (QED) is 0.234. The lowest BCUT2D eigenvalue weighted by Crippen LogP contribution is -2.68. The summed E-state index contributed by atoms with van der Waals surface area (Å²) in [6.07, 6.45) is 1.91. The zero-order valence-electron chi connectivity index (χ0n) is 20.9. The molecule has 0 aromatic heterocycles. The lowest BCUT2D eigenvalue weighted by atomic mass is 10.0. The van der Waals surface area contributed by atoms with Gasteiger partial charge in [-0.3, -0.25) is 4.79 Å². The molecule has 5 heteroatoms. The topological polar surface area (TPSA) is 55.8 Å². The average molecular weight is 477 g/mol. The molecule has 3 aromatic rings. The fourth-order valence-corrected chi connectivity index (χ4v) is 8.87. The van der Waals surface area contributed by atoms with Crippen LogP contribution < -0.4 is 14.8 Å². The fourth-order valence-electron chi connectivity index (χ4n) is 4.47. The molecular formula is C29H36O4Si. The molecule has 1 N–H and O–H groups in total. The summed E-state index contributed by atoms with van der Waals surface area (Å²) < 4.78 is 12.5. The van der Waals surface area contributed by atoms with Crippen LogP contribution in [0.25, 0.3) is 0 Å². The molecule has 4 nitrogen and oxygen atoms in total. The number of Topliss-reactive ketones (excluding diaryl/α,β-unsaturated/α-hetero) is 1. The van der Waals surface area contributed by atoms with Gasteiger partial charge in [0.15, 0.2) is 5.78 Å². The van der Waals surface area contributed by atoms with Crippen molar-refractivity contribution in [3.63, 3.8) is 0 Å². The van der Waals surface area contributed by atoms with Crippen LogP contribution in [0.1, 0.15) is 56.5 Å². The molecule has 0 unspecified atom stereocenters. The number of hydrogen-bond acceptors (Lipinski definition) is 4. The van der Waals surface area contributed by atoms with Crippen LogP contribution in [0.4, 0.5) is 0 Å². The Balaban J connectivity index is 2.05. The Labute approximate surface area is 204 Å². The fraction of sp³-hybridized carbons (Fsp3) is 0.345. The van der Waals surface area contributed by atoms with E-state index in [1.165, 1.54) is 0 Å². The Hall–Kier alpha value is -2.89. The van der Waals surface area contributed by atoms with Crippen LogP contribution in [-0.2, 0) is 4.74 Å². The van der Waals surface area contributed by atoms with E-state index in [0.29, 0.717) is 23.5 Å². The Morgan fingerprint density at radius 3 is 1.97 bits per heavy atom. The van der Waals surface area contributed by atoms with Crippen molar-refractivity contribution < 1.29 is 19.1 Å². The second kappa shape index (κ2) is 11.0. The van der Waals surface area contributed by atoms with Crippen molar-refractivity contribution in [1.82, 2.24) is 0 Å². The maximum absolute atomic E-state index is 12.7.